The minimum Gasteiger partial charge on any atom is -0.497 e. The number of allylic oxidation sites excluding steroid dienone is 5. The number of aliphatic hydroxyl groups is 1. The molecule has 0 bridgehead atoms. The fraction of sp³-hybridized carbons (Fsp3) is 0.714. The Balaban J connectivity index is 3.53. The summed E-state index contributed by atoms with van der Waals surface area (Å²) in [6.07, 6.45) is 24.8. The minimum absolute atomic E-state index is 0.00924. The molecule has 0 aliphatic carbocycles. The van der Waals surface area contributed by atoms with E-state index in [9.17, 15) is 5.11 Å². The molecule has 0 unspecified atom stereocenters. The van der Waals surface area contributed by atoms with Crippen molar-refractivity contribution in [1.29, 1.82) is 0 Å². The Morgan fingerprint density at radius 3 is 1.51 bits per heavy atom. The molecule has 11 heteroatoms. The van der Waals surface area contributed by atoms with Crippen LogP contribution in [0.1, 0.15) is 143 Å². The van der Waals surface area contributed by atoms with E-state index in [1.54, 1.807) is 7.11 Å². The van der Waals surface area contributed by atoms with Crippen molar-refractivity contribution in [3.8, 4) is 5.75 Å². The summed E-state index contributed by atoms with van der Waals surface area (Å²) in [4.78, 5) is 0. The van der Waals surface area contributed by atoms with Gasteiger partial charge in [-0.3, -0.25) is 0 Å². The van der Waals surface area contributed by atoms with Gasteiger partial charge in [0.2, 0.25) is 0 Å². The Kier molecular flexibility index (Phi) is 28.3. The van der Waals surface area contributed by atoms with Gasteiger partial charge in [0.15, 0.2) is 33.3 Å². The van der Waals surface area contributed by atoms with E-state index in [4.69, 9.17) is 27.2 Å². The van der Waals surface area contributed by atoms with Crippen LogP contribution in [0, 0.1) is 29.6 Å². The van der Waals surface area contributed by atoms with Gasteiger partial charge in [-0.1, -0.05) is 203 Å². The number of ether oxygens (including phenoxy) is 2. The lowest BCUT2D eigenvalue weighted by Gasteiger charge is -2.43. The van der Waals surface area contributed by atoms with Crippen molar-refractivity contribution in [1.82, 2.24) is 0 Å². The zero-order chi connectivity index (χ0) is 57.3. The second-order valence-electron chi connectivity index (χ2n) is 27.8. The third kappa shape index (κ3) is 23.2. The Morgan fingerprint density at radius 2 is 1.01 bits per heavy atom. The highest BCUT2D eigenvalue weighted by Gasteiger charge is 2.44. The van der Waals surface area contributed by atoms with Gasteiger partial charge in [0.25, 0.3) is 0 Å². The standard InChI is InChI=1S/C63H116O7Si4/c1-28-29-35-50(4)59(66-47-53-40-43-55(65-19)44-41-53)52(6)56(68-72(22,23)61(10,11)12)38-33-32-37-49(3)58(70-74(26,27)63(16,17)18)51(5)39-42-54(64)46-57(69-73(24,25)62(13,14)15)48(2)36-31-30-34-45-67-71(20,21)60(7,8)9/h28-32,34-37,39-44,48-52,54,56-59,64H,1,33,38,45-47H2,2-27H3/b34-30-,35-29-,36-31+,37-32-,42-39-/t48-,49+,50+,51+,52+,54-,56-,57+,58-,59+/m1/s1. The summed E-state index contributed by atoms with van der Waals surface area (Å²) in [5, 5.41) is 12.1. The van der Waals surface area contributed by atoms with Gasteiger partial charge in [-0.2, -0.15) is 0 Å². The molecule has 1 aromatic carbocycles. The second kappa shape index (κ2) is 29.9. The summed E-state index contributed by atoms with van der Waals surface area (Å²) >= 11 is 0. The van der Waals surface area contributed by atoms with Gasteiger partial charge in [0, 0.05) is 18.3 Å². The van der Waals surface area contributed by atoms with Crippen LogP contribution < -0.4 is 4.74 Å². The first-order chi connectivity index (χ1) is 33.6. The molecule has 426 valence electrons. The van der Waals surface area contributed by atoms with Crippen LogP contribution in [0.4, 0.5) is 0 Å². The molecule has 0 amide bonds. The maximum atomic E-state index is 11.8. The number of hydrogen-bond acceptors (Lipinski definition) is 7. The lowest BCUT2D eigenvalue weighted by atomic mass is 9.86. The Bertz CT molecular complexity index is 1920. The molecule has 1 N–H and O–H groups in total. The van der Waals surface area contributed by atoms with Gasteiger partial charge in [-0.25, -0.2) is 0 Å². The SMILES string of the molecule is C=C/C=C\[C@H](C)[C@H](OCc1ccc(OC)cc1)[C@@H](C)[C@@H](CC/C=C\[C@H](C)[C@@H](O[Si](C)(C)C(C)(C)C)[C@@H](C)/C=C\[C@@H](O)C[C@H](O[Si](C)(C)C(C)(C)C)[C@H](C)/C=C/C=C\CO[Si](C)(C)C(C)(C)C)O[Si](C)(C)C(C)(C)C. The molecule has 0 heterocycles. The smallest absolute Gasteiger partial charge is 0.192 e. The largest absolute Gasteiger partial charge is 0.497 e. The normalized spacial score (nSPS) is 18.5. The van der Waals surface area contributed by atoms with E-state index in [2.05, 4.69) is 237 Å². The van der Waals surface area contributed by atoms with Crippen LogP contribution >= 0.6 is 0 Å². The van der Waals surface area contributed by atoms with E-state index in [-0.39, 0.29) is 74.2 Å². The lowest BCUT2D eigenvalue weighted by molar-refractivity contribution is -0.0537. The van der Waals surface area contributed by atoms with Gasteiger partial charge in [-0.05, 0) is 121 Å². The van der Waals surface area contributed by atoms with E-state index in [0.717, 1.165) is 24.2 Å². The number of hydrogen-bond donors (Lipinski definition) is 1. The molecule has 0 radical (unpaired) electrons. The van der Waals surface area contributed by atoms with E-state index in [1.165, 1.54) is 0 Å². The first-order valence-electron chi connectivity index (χ1n) is 28.2. The van der Waals surface area contributed by atoms with Crippen LogP contribution in [0.2, 0.25) is 72.5 Å². The number of methoxy groups -OCH3 is 1. The molecule has 10 atom stereocenters. The topological polar surface area (TPSA) is 75.6 Å². The maximum absolute atomic E-state index is 11.8. The van der Waals surface area contributed by atoms with E-state index in [0.29, 0.717) is 19.6 Å². The highest BCUT2D eigenvalue weighted by atomic mass is 28.4. The zero-order valence-corrected chi connectivity index (χ0v) is 56.6. The lowest BCUT2D eigenvalue weighted by Crippen LogP contribution is -2.48. The average Bonchev–Trinajstić information content (AvgIpc) is 3.26. The van der Waals surface area contributed by atoms with Crippen LogP contribution in [0.25, 0.3) is 0 Å². The van der Waals surface area contributed by atoms with Crippen LogP contribution in [-0.4, -0.2) is 82.6 Å². The van der Waals surface area contributed by atoms with E-state index >= 15 is 0 Å². The summed E-state index contributed by atoms with van der Waals surface area (Å²) in [6.45, 7) is 62.5. The molecule has 0 aromatic heterocycles. The van der Waals surface area contributed by atoms with Crippen LogP contribution in [0.5, 0.6) is 5.75 Å². The van der Waals surface area contributed by atoms with Gasteiger partial charge in [-0.15, -0.1) is 0 Å². The minimum atomic E-state index is -2.18. The molecule has 0 aliphatic rings. The molecule has 74 heavy (non-hydrogen) atoms. The monoisotopic (exact) mass is 1100 g/mol. The van der Waals surface area contributed by atoms with Crippen molar-refractivity contribution in [3.63, 3.8) is 0 Å². The predicted molar refractivity (Wildman–Crippen MR) is 333 cm³/mol. The molecular weight excluding hydrogens is 981 g/mol. The number of benzene rings is 1. The summed E-state index contributed by atoms with van der Waals surface area (Å²) in [5.41, 5.74) is 1.11. The Labute approximate surface area is 462 Å². The molecule has 0 spiro atoms. The van der Waals surface area contributed by atoms with Crippen molar-refractivity contribution in [3.05, 3.63) is 103 Å². The fourth-order valence-corrected chi connectivity index (χ4v) is 13.0. The molecule has 0 fully saturated rings. The third-order valence-corrected chi connectivity index (χ3v) is 35.3. The van der Waals surface area contributed by atoms with Gasteiger partial charge < -0.3 is 32.3 Å². The first-order valence-corrected chi connectivity index (χ1v) is 39.9. The molecule has 1 rings (SSSR count). The van der Waals surface area contributed by atoms with Crippen molar-refractivity contribution in [2.24, 2.45) is 29.6 Å². The molecule has 0 saturated heterocycles. The number of aliphatic hydroxyl groups excluding tert-OH is 1. The quantitative estimate of drug-likeness (QED) is 0.0451. The van der Waals surface area contributed by atoms with Crippen LogP contribution in [0.15, 0.2) is 97.7 Å². The van der Waals surface area contributed by atoms with Gasteiger partial charge in [0.05, 0.1) is 50.8 Å². The predicted octanol–water partition coefficient (Wildman–Crippen LogP) is 18.5. The molecule has 7 nitrogen and oxygen atoms in total. The third-order valence-electron chi connectivity index (χ3n) is 17.3. The molecular formula is C63H116O7Si4. The summed E-state index contributed by atoms with van der Waals surface area (Å²) < 4.78 is 40.5. The van der Waals surface area contributed by atoms with Crippen LogP contribution in [0.3, 0.4) is 0 Å². The van der Waals surface area contributed by atoms with Gasteiger partial charge >= 0.3 is 0 Å². The van der Waals surface area contributed by atoms with Crippen molar-refractivity contribution >= 4 is 33.3 Å². The van der Waals surface area contributed by atoms with E-state index < -0.39 is 39.4 Å². The maximum Gasteiger partial charge on any atom is 0.192 e. The highest BCUT2D eigenvalue weighted by molar-refractivity contribution is 6.75. The molecule has 0 saturated carbocycles. The summed E-state index contributed by atoms with van der Waals surface area (Å²) in [6, 6.07) is 8.15. The Morgan fingerprint density at radius 1 is 0.541 bits per heavy atom. The van der Waals surface area contributed by atoms with Gasteiger partial charge in [0.1, 0.15) is 5.75 Å². The highest BCUT2D eigenvalue weighted by Crippen LogP contribution is 2.43. The zero-order valence-electron chi connectivity index (χ0n) is 52.6. The van der Waals surface area contributed by atoms with E-state index in [1.807, 2.05) is 30.4 Å². The average molecular weight is 1100 g/mol. The summed E-state index contributed by atoms with van der Waals surface area (Å²) in [5.74, 6) is 1.37. The Hall–Kier alpha value is -1.91. The first kappa shape index (κ1) is 70.1. The fourth-order valence-electron chi connectivity index (χ4n) is 7.77. The van der Waals surface area contributed by atoms with Crippen LogP contribution in [-0.2, 0) is 29.0 Å². The molecule has 0 aliphatic heterocycles. The number of rotatable bonds is 31. The second-order valence-corrected chi connectivity index (χ2v) is 46.9. The van der Waals surface area contributed by atoms with Crippen molar-refractivity contribution in [2.75, 3.05) is 13.7 Å². The molecule has 1 aromatic rings. The van der Waals surface area contributed by atoms with Crippen molar-refractivity contribution < 1.29 is 32.3 Å². The summed E-state index contributed by atoms with van der Waals surface area (Å²) in [7, 11) is -6.61. The van der Waals surface area contributed by atoms with Crippen molar-refractivity contribution in [2.45, 2.75) is 247 Å².